The Hall–Kier alpha value is -2.47. The molecule has 2 N–H and O–H groups in total. The minimum Gasteiger partial charge on any atom is -0.332 e. The molecule has 0 aliphatic carbocycles. The van der Waals surface area contributed by atoms with Gasteiger partial charge < -0.3 is 15.5 Å². The lowest BCUT2D eigenvalue weighted by Gasteiger charge is -2.17. The number of benzene rings is 2. The molecule has 4 nitrogen and oxygen atoms in total. The highest BCUT2D eigenvalue weighted by atomic mass is 32.1. The van der Waals surface area contributed by atoms with E-state index in [-0.39, 0.29) is 11.7 Å². The average molecular weight is 329 g/mol. The summed E-state index contributed by atoms with van der Waals surface area (Å²) in [6.45, 7) is 0.751. The predicted molar refractivity (Wildman–Crippen MR) is 94.3 cm³/mol. The molecule has 1 fully saturated rings. The molecule has 0 aromatic heterocycles. The number of anilines is 3. The normalized spacial score (nSPS) is 14.0. The molecule has 2 aromatic rings. The van der Waals surface area contributed by atoms with Crippen LogP contribution in [0.15, 0.2) is 48.5 Å². The van der Waals surface area contributed by atoms with Gasteiger partial charge in [-0.05, 0) is 61.1 Å². The molecule has 2 aromatic carbocycles. The summed E-state index contributed by atoms with van der Waals surface area (Å²) < 4.78 is 12.9. The topological polar surface area (TPSA) is 44.4 Å². The second-order valence-electron chi connectivity index (χ2n) is 5.29. The van der Waals surface area contributed by atoms with Crippen molar-refractivity contribution < 1.29 is 9.18 Å². The maximum atomic E-state index is 12.9. The first-order valence-corrected chi connectivity index (χ1v) is 7.77. The van der Waals surface area contributed by atoms with Crippen molar-refractivity contribution in [3.05, 3.63) is 54.3 Å². The van der Waals surface area contributed by atoms with Crippen molar-refractivity contribution in [1.82, 2.24) is 0 Å². The van der Waals surface area contributed by atoms with Crippen molar-refractivity contribution in [3.63, 3.8) is 0 Å². The summed E-state index contributed by atoms with van der Waals surface area (Å²) in [5.41, 5.74) is 2.36. The van der Waals surface area contributed by atoms with Gasteiger partial charge in [-0.2, -0.15) is 0 Å². The predicted octanol–water partition coefficient (Wildman–Crippen LogP) is 3.76. The van der Waals surface area contributed by atoms with Gasteiger partial charge in [0.25, 0.3) is 0 Å². The van der Waals surface area contributed by atoms with Crippen LogP contribution in [0.1, 0.15) is 12.8 Å². The number of hydrogen-bond donors (Lipinski definition) is 2. The van der Waals surface area contributed by atoms with Crippen LogP contribution in [0.25, 0.3) is 0 Å². The summed E-state index contributed by atoms with van der Waals surface area (Å²) in [4.78, 5) is 13.6. The number of amides is 1. The van der Waals surface area contributed by atoms with Gasteiger partial charge in [-0.25, -0.2) is 4.39 Å². The highest BCUT2D eigenvalue weighted by molar-refractivity contribution is 7.80. The van der Waals surface area contributed by atoms with Gasteiger partial charge in [0.15, 0.2) is 5.11 Å². The first-order chi connectivity index (χ1) is 11.1. The Bertz CT molecular complexity index is 733. The summed E-state index contributed by atoms with van der Waals surface area (Å²) in [5.74, 6) is -0.147. The zero-order valence-electron chi connectivity index (χ0n) is 12.4. The van der Waals surface area contributed by atoms with Crippen molar-refractivity contribution in [2.24, 2.45) is 0 Å². The summed E-state index contributed by atoms with van der Waals surface area (Å²) >= 11 is 5.26. The molecule has 3 rings (SSSR count). The van der Waals surface area contributed by atoms with Crippen LogP contribution in [0.5, 0.6) is 0 Å². The van der Waals surface area contributed by atoms with Gasteiger partial charge in [-0.3, -0.25) is 4.79 Å². The summed E-state index contributed by atoms with van der Waals surface area (Å²) in [6.07, 6.45) is 1.49. The monoisotopic (exact) mass is 329 g/mol. The molecule has 6 heteroatoms. The molecule has 1 heterocycles. The number of carbonyl (C=O) groups is 1. The molecule has 0 atom stereocenters. The highest BCUT2D eigenvalue weighted by Gasteiger charge is 2.21. The van der Waals surface area contributed by atoms with Gasteiger partial charge in [0.05, 0.1) is 0 Å². The Morgan fingerprint density at radius 3 is 2.52 bits per heavy atom. The van der Waals surface area contributed by atoms with Crippen LogP contribution in [-0.2, 0) is 4.79 Å². The van der Waals surface area contributed by atoms with E-state index in [4.69, 9.17) is 12.2 Å². The minimum atomic E-state index is -0.294. The molecular weight excluding hydrogens is 313 g/mol. The molecular formula is C17H16FN3OS. The summed E-state index contributed by atoms with van der Waals surface area (Å²) in [7, 11) is 0. The second kappa shape index (κ2) is 6.75. The third-order valence-electron chi connectivity index (χ3n) is 3.59. The zero-order valence-corrected chi connectivity index (χ0v) is 13.2. The highest BCUT2D eigenvalue weighted by Crippen LogP contribution is 2.24. The number of rotatable bonds is 3. The fraction of sp³-hybridized carbons (Fsp3) is 0.176. The van der Waals surface area contributed by atoms with Crippen molar-refractivity contribution in [3.8, 4) is 0 Å². The van der Waals surface area contributed by atoms with E-state index in [1.807, 2.05) is 24.3 Å². The number of nitrogens with zero attached hydrogens (tertiary/aromatic N) is 1. The van der Waals surface area contributed by atoms with Gasteiger partial charge in [0.2, 0.25) is 5.91 Å². The SMILES string of the molecule is O=C1CCCN1c1cccc(NC(=S)Nc2ccc(F)cc2)c1. The van der Waals surface area contributed by atoms with Crippen LogP contribution >= 0.6 is 12.2 Å². The van der Waals surface area contributed by atoms with E-state index >= 15 is 0 Å². The standard InChI is InChI=1S/C17H16FN3OS/c18-12-6-8-13(9-7-12)19-17(23)20-14-3-1-4-15(11-14)21-10-2-5-16(21)22/h1,3-4,6-9,11H,2,5,10H2,(H2,19,20,23). The Morgan fingerprint density at radius 2 is 1.83 bits per heavy atom. The lowest BCUT2D eigenvalue weighted by atomic mass is 10.2. The van der Waals surface area contributed by atoms with Crippen LogP contribution in [0.3, 0.4) is 0 Å². The van der Waals surface area contributed by atoms with Gasteiger partial charge in [-0.1, -0.05) is 6.07 Å². The zero-order chi connectivity index (χ0) is 16.2. The molecule has 1 saturated heterocycles. The largest absolute Gasteiger partial charge is 0.332 e. The van der Waals surface area contributed by atoms with Crippen LogP contribution < -0.4 is 15.5 Å². The first kappa shape index (κ1) is 15.4. The average Bonchev–Trinajstić information content (AvgIpc) is 2.96. The van der Waals surface area contributed by atoms with Crippen molar-refractivity contribution in [2.45, 2.75) is 12.8 Å². The number of nitrogens with one attached hydrogen (secondary N) is 2. The first-order valence-electron chi connectivity index (χ1n) is 7.36. The summed E-state index contributed by atoms with van der Waals surface area (Å²) in [6, 6.07) is 13.5. The van der Waals surface area contributed by atoms with Gasteiger partial charge in [0, 0.05) is 30.0 Å². The lowest BCUT2D eigenvalue weighted by Crippen LogP contribution is -2.24. The van der Waals surface area contributed by atoms with E-state index in [1.165, 1.54) is 12.1 Å². The van der Waals surface area contributed by atoms with Crippen LogP contribution in [0.2, 0.25) is 0 Å². The molecule has 0 saturated carbocycles. The van der Waals surface area contributed by atoms with Gasteiger partial charge in [0.1, 0.15) is 5.82 Å². The lowest BCUT2D eigenvalue weighted by molar-refractivity contribution is -0.117. The van der Waals surface area contributed by atoms with E-state index in [0.29, 0.717) is 17.2 Å². The molecule has 23 heavy (non-hydrogen) atoms. The van der Waals surface area contributed by atoms with Gasteiger partial charge in [-0.15, -0.1) is 0 Å². The molecule has 0 spiro atoms. The Balaban J connectivity index is 1.66. The quantitative estimate of drug-likeness (QED) is 0.842. The number of halogens is 1. The number of hydrogen-bond acceptors (Lipinski definition) is 2. The number of thiocarbonyl (C=S) groups is 1. The van der Waals surface area contributed by atoms with Gasteiger partial charge >= 0.3 is 0 Å². The smallest absolute Gasteiger partial charge is 0.227 e. The maximum absolute atomic E-state index is 12.9. The molecule has 0 unspecified atom stereocenters. The van der Waals surface area contributed by atoms with Crippen LogP contribution in [0.4, 0.5) is 21.5 Å². The van der Waals surface area contributed by atoms with E-state index in [9.17, 15) is 9.18 Å². The molecule has 118 valence electrons. The minimum absolute atomic E-state index is 0.147. The molecule has 1 aliphatic rings. The van der Waals surface area contributed by atoms with Crippen molar-refractivity contribution in [1.29, 1.82) is 0 Å². The molecule has 1 aliphatic heterocycles. The maximum Gasteiger partial charge on any atom is 0.227 e. The third-order valence-corrected chi connectivity index (χ3v) is 3.80. The van der Waals surface area contributed by atoms with Crippen LogP contribution in [-0.4, -0.2) is 17.6 Å². The fourth-order valence-electron chi connectivity index (χ4n) is 2.50. The Morgan fingerprint density at radius 1 is 1.09 bits per heavy atom. The molecule has 0 bridgehead atoms. The Labute approximate surface area is 139 Å². The third kappa shape index (κ3) is 3.84. The number of carbonyl (C=O) groups excluding carboxylic acids is 1. The second-order valence-corrected chi connectivity index (χ2v) is 5.69. The summed E-state index contributed by atoms with van der Waals surface area (Å²) in [5, 5.41) is 6.47. The van der Waals surface area contributed by atoms with E-state index in [2.05, 4.69) is 10.6 Å². The van der Waals surface area contributed by atoms with Crippen molar-refractivity contribution >= 4 is 40.3 Å². The van der Waals surface area contributed by atoms with E-state index < -0.39 is 0 Å². The fourth-order valence-corrected chi connectivity index (χ4v) is 2.74. The van der Waals surface area contributed by atoms with E-state index in [0.717, 1.165) is 24.3 Å². The van der Waals surface area contributed by atoms with Crippen LogP contribution in [0, 0.1) is 5.82 Å². The van der Waals surface area contributed by atoms with E-state index in [1.54, 1.807) is 17.0 Å². The van der Waals surface area contributed by atoms with Crippen molar-refractivity contribution in [2.75, 3.05) is 22.1 Å². The molecule has 0 radical (unpaired) electrons. The Kier molecular flexibility index (Phi) is 4.52. The molecule has 1 amide bonds.